The van der Waals surface area contributed by atoms with E-state index in [0.29, 0.717) is 6.42 Å². The van der Waals surface area contributed by atoms with E-state index in [9.17, 15) is 4.79 Å². The number of thiazole rings is 1. The Kier molecular flexibility index (Phi) is 3.08. The van der Waals surface area contributed by atoms with Crippen molar-refractivity contribution in [3.63, 3.8) is 0 Å². The number of aromatic nitrogens is 1. The van der Waals surface area contributed by atoms with Gasteiger partial charge in [-0.25, -0.2) is 4.98 Å². The zero-order valence-electron chi connectivity index (χ0n) is 9.94. The first-order valence-electron chi connectivity index (χ1n) is 5.88. The van der Waals surface area contributed by atoms with Gasteiger partial charge in [0, 0.05) is 6.42 Å². The predicted octanol–water partition coefficient (Wildman–Crippen LogP) is 4.13. The van der Waals surface area contributed by atoms with E-state index in [1.807, 2.05) is 0 Å². The van der Waals surface area contributed by atoms with E-state index < -0.39 is 0 Å². The monoisotopic (exact) mass is 321 g/mol. The van der Waals surface area contributed by atoms with Gasteiger partial charge in [-0.3, -0.25) is 4.79 Å². The molecular formula is C14H12BrNOS. The highest BCUT2D eigenvalue weighted by Crippen LogP contribution is 2.36. The van der Waals surface area contributed by atoms with Crippen molar-refractivity contribution in [3.8, 4) is 0 Å². The highest BCUT2D eigenvalue weighted by molar-refractivity contribution is 9.11. The molecule has 0 aliphatic heterocycles. The standard InChI is InChI=1S/C14H12BrNOS/c1-8-2-4-9(5-3-8)10-6-11-13(12(17)7-10)18-14(15)16-11/h2-5,10H,6-7H2,1H3. The van der Waals surface area contributed by atoms with Crippen LogP contribution in [0.2, 0.25) is 0 Å². The van der Waals surface area contributed by atoms with Crippen LogP contribution < -0.4 is 0 Å². The number of halogens is 1. The molecule has 2 nitrogen and oxygen atoms in total. The first kappa shape index (κ1) is 12.1. The highest BCUT2D eigenvalue weighted by Gasteiger charge is 2.29. The second-order valence-electron chi connectivity index (χ2n) is 4.68. The van der Waals surface area contributed by atoms with E-state index in [2.05, 4.69) is 52.1 Å². The molecule has 0 fully saturated rings. The molecule has 4 heteroatoms. The van der Waals surface area contributed by atoms with Crippen LogP contribution in [0.15, 0.2) is 28.2 Å². The van der Waals surface area contributed by atoms with Gasteiger partial charge in [0.15, 0.2) is 9.70 Å². The van der Waals surface area contributed by atoms with Gasteiger partial charge in [0.1, 0.15) is 0 Å². The second kappa shape index (κ2) is 4.59. The maximum absolute atomic E-state index is 12.1. The number of carbonyl (C=O) groups is 1. The molecule has 1 aromatic heterocycles. The molecule has 0 N–H and O–H groups in total. The smallest absolute Gasteiger partial charge is 0.175 e. The molecule has 0 bridgehead atoms. The van der Waals surface area contributed by atoms with Crippen LogP contribution in [0, 0.1) is 6.92 Å². The lowest BCUT2D eigenvalue weighted by molar-refractivity contribution is 0.0968. The van der Waals surface area contributed by atoms with Crippen molar-refractivity contribution in [2.45, 2.75) is 25.7 Å². The molecule has 18 heavy (non-hydrogen) atoms. The SMILES string of the molecule is Cc1ccc(C2CC(=O)c3sc(Br)nc3C2)cc1. The van der Waals surface area contributed by atoms with Crippen LogP contribution in [0.1, 0.15) is 38.8 Å². The van der Waals surface area contributed by atoms with Crippen LogP contribution in [-0.2, 0) is 6.42 Å². The van der Waals surface area contributed by atoms with E-state index in [0.717, 1.165) is 20.9 Å². The fraction of sp³-hybridized carbons (Fsp3) is 0.286. The summed E-state index contributed by atoms with van der Waals surface area (Å²) >= 11 is 4.81. The lowest BCUT2D eigenvalue weighted by Crippen LogP contribution is -2.17. The fourth-order valence-electron chi connectivity index (χ4n) is 2.38. The number of carbonyl (C=O) groups excluding carboxylic acids is 1. The zero-order chi connectivity index (χ0) is 12.7. The van der Waals surface area contributed by atoms with Gasteiger partial charge in [0.2, 0.25) is 0 Å². The summed E-state index contributed by atoms with van der Waals surface area (Å²) in [6, 6.07) is 8.46. The summed E-state index contributed by atoms with van der Waals surface area (Å²) in [7, 11) is 0. The van der Waals surface area contributed by atoms with Gasteiger partial charge in [0.25, 0.3) is 0 Å². The number of ketones is 1. The van der Waals surface area contributed by atoms with E-state index in [4.69, 9.17) is 0 Å². The van der Waals surface area contributed by atoms with Crippen molar-refractivity contribution in [3.05, 3.63) is 49.9 Å². The molecule has 1 aliphatic carbocycles. The Labute approximate surface area is 118 Å². The molecule has 1 heterocycles. The largest absolute Gasteiger partial charge is 0.293 e. The molecule has 1 aliphatic rings. The fourth-order valence-corrected chi connectivity index (χ4v) is 3.84. The van der Waals surface area contributed by atoms with Crippen molar-refractivity contribution in [1.29, 1.82) is 0 Å². The van der Waals surface area contributed by atoms with E-state index in [-0.39, 0.29) is 11.7 Å². The highest BCUT2D eigenvalue weighted by atomic mass is 79.9. The summed E-state index contributed by atoms with van der Waals surface area (Å²) in [6.45, 7) is 2.07. The average molecular weight is 322 g/mol. The van der Waals surface area contributed by atoms with Crippen LogP contribution in [0.4, 0.5) is 0 Å². The first-order chi connectivity index (χ1) is 8.63. The maximum Gasteiger partial charge on any atom is 0.175 e. The minimum atomic E-state index is 0.227. The number of fused-ring (bicyclic) bond motifs is 1. The molecule has 0 amide bonds. The topological polar surface area (TPSA) is 30.0 Å². The van der Waals surface area contributed by atoms with Gasteiger partial charge in [0.05, 0.1) is 10.6 Å². The summed E-state index contributed by atoms with van der Waals surface area (Å²) in [5.41, 5.74) is 3.44. The van der Waals surface area contributed by atoms with Gasteiger partial charge in [-0.2, -0.15) is 0 Å². The Morgan fingerprint density at radius 2 is 2.00 bits per heavy atom. The molecule has 0 saturated carbocycles. The van der Waals surface area contributed by atoms with Crippen molar-refractivity contribution >= 4 is 33.0 Å². The number of hydrogen-bond acceptors (Lipinski definition) is 3. The Hall–Kier alpha value is -1.00. The average Bonchev–Trinajstić information content (AvgIpc) is 2.71. The van der Waals surface area contributed by atoms with Crippen molar-refractivity contribution in [2.24, 2.45) is 0 Å². The van der Waals surface area contributed by atoms with E-state index in [1.165, 1.54) is 22.5 Å². The quantitative estimate of drug-likeness (QED) is 0.790. The summed E-state index contributed by atoms with van der Waals surface area (Å²) in [5, 5.41) is 0. The third-order valence-electron chi connectivity index (χ3n) is 3.34. The maximum atomic E-state index is 12.1. The van der Waals surface area contributed by atoms with Gasteiger partial charge >= 0.3 is 0 Å². The Morgan fingerprint density at radius 3 is 2.72 bits per heavy atom. The number of hydrogen-bond donors (Lipinski definition) is 0. The van der Waals surface area contributed by atoms with Crippen molar-refractivity contribution in [1.82, 2.24) is 4.98 Å². The first-order valence-corrected chi connectivity index (χ1v) is 7.49. The molecule has 0 spiro atoms. The van der Waals surface area contributed by atoms with E-state index in [1.54, 1.807) is 0 Å². The summed E-state index contributed by atoms with van der Waals surface area (Å²) in [6.07, 6.45) is 1.47. The third-order valence-corrected chi connectivity index (χ3v) is 4.93. The van der Waals surface area contributed by atoms with Crippen LogP contribution in [0.25, 0.3) is 0 Å². The minimum Gasteiger partial charge on any atom is -0.293 e. The zero-order valence-corrected chi connectivity index (χ0v) is 12.3. The second-order valence-corrected chi connectivity index (χ2v) is 6.96. The summed E-state index contributed by atoms with van der Waals surface area (Å²) in [4.78, 5) is 17.3. The minimum absolute atomic E-state index is 0.227. The van der Waals surface area contributed by atoms with Gasteiger partial charge < -0.3 is 0 Å². The van der Waals surface area contributed by atoms with Crippen molar-refractivity contribution < 1.29 is 4.79 Å². The van der Waals surface area contributed by atoms with Crippen LogP contribution >= 0.6 is 27.3 Å². The number of nitrogens with zero attached hydrogens (tertiary/aromatic N) is 1. The Morgan fingerprint density at radius 1 is 1.28 bits per heavy atom. The lowest BCUT2D eigenvalue weighted by atomic mass is 9.84. The molecule has 0 radical (unpaired) electrons. The van der Waals surface area contributed by atoms with Crippen LogP contribution in [0.5, 0.6) is 0 Å². The Bertz CT molecular complexity index is 603. The summed E-state index contributed by atoms with van der Waals surface area (Å²) in [5.74, 6) is 0.504. The predicted molar refractivity (Wildman–Crippen MR) is 76.4 cm³/mol. The van der Waals surface area contributed by atoms with Gasteiger partial charge in [-0.1, -0.05) is 29.8 Å². The van der Waals surface area contributed by atoms with E-state index >= 15 is 0 Å². The van der Waals surface area contributed by atoms with Crippen molar-refractivity contribution in [2.75, 3.05) is 0 Å². The molecule has 2 aromatic rings. The third kappa shape index (κ3) is 2.15. The van der Waals surface area contributed by atoms with Gasteiger partial charge in [-0.15, -0.1) is 11.3 Å². The van der Waals surface area contributed by atoms with Crippen LogP contribution in [0.3, 0.4) is 0 Å². The molecule has 1 unspecified atom stereocenters. The molecule has 0 saturated heterocycles. The number of Topliss-reactive ketones (excluding diaryl/α,β-unsaturated/α-hetero) is 1. The molecular weight excluding hydrogens is 310 g/mol. The number of aryl methyl sites for hydroxylation is 1. The summed E-state index contributed by atoms with van der Waals surface area (Å²) < 4.78 is 0.811. The van der Waals surface area contributed by atoms with Crippen LogP contribution in [-0.4, -0.2) is 10.8 Å². The molecule has 3 rings (SSSR count). The lowest BCUT2D eigenvalue weighted by Gasteiger charge is -2.20. The number of benzene rings is 1. The number of rotatable bonds is 1. The Balaban J connectivity index is 1.94. The molecule has 92 valence electrons. The molecule has 1 aromatic carbocycles. The normalized spacial score (nSPS) is 18.8. The van der Waals surface area contributed by atoms with Gasteiger partial charge in [-0.05, 0) is 40.8 Å². The molecule has 1 atom stereocenters.